The first-order valence-electron chi connectivity index (χ1n) is 6.89. The summed E-state index contributed by atoms with van der Waals surface area (Å²) < 4.78 is 123. The summed E-state index contributed by atoms with van der Waals surface area (Å²) in [6, 6.07) is 2.13. The summed E-state index contributed by atoms with van der Waals surface area (Å²) in [4.78, 5) is 21.3. The maximum absolute atomic E-state index is 14.0. The van der Waals surface area contributed by atoms with Gasteiger partial charge in [0.05, 0.1) is 4.92 Å². The lowest BCUT2D eigenvalue weighted by Gasteiger charge is -2.31. The first-order valence-corrected chi connectivity index (χ1v) is 6.89. The van der Waals surface area contributed by atoms with Crippen molar-refractivity contribution in [2.24, 2.45) is 0 Å². The second-order valence-corrected chi connectivity index (χ2v) is 5.65. The van der Waals surface area contributed by atoms with E-state index in [-0.39, 0.29) is 5.56 Å². The Morgan fingerprint density at radius 1 is 1.11 bits per heavy atom. The van der Waals surface area contributed by atoms with E-state index >= 15 is 0 Å². The molecular formula is C13H7F9N2O4. The zero-order chi connectivity index (χ0) is 21.9. The molecule has 28 heavy (non-hydrogen) atoms. The van der Waals surface area contributed by atoms with E-state index < -0.39 is 51.9 Å². The van der Waals surface area contributed by atoms with Crippen LogP contribution in [0.4, 0.5) is 50.9 Å². The molecule has 0 radical (unpaired) electrons. The van der Waals surface area contributed by atoms with Crippen LogP contribution >= 0.6 is 0 Å². The Morgan fingerprint density at radius 3 is 2.07 bits per heavy atom. The predicted molar refractivity (Wildman–Crippen MR) is 71.2 cm³/mol. The number of benzene rings is 1. The monoisotopic (exact) mass is 426 g/mol. The van der Waals surface area contributed by atoms with Crippen LogP contribution in [0.1, 0.15) is 5.56 Å². The largest absolute Gasteiger partial charge is 0.428 e. The molecule has 1 amide bonds. The molecule has 0 saturated carbocycles. The van der Waals surface area contributed by atoms with E-state index in [0.29, 0.717) is 6.07 Å². The van der Waals surface area contributed by atoms with Gasteiger partial charge >= 0.3 is 35.6 Å². The van der Waals surface area contributed by atoms with Crippen LogP contribution in [0.25, 0.3) is 0 Å². The molecular weight excluding hydrogens is 419 g/mol. The first-order chi connectivity index (χ1) is 12.4. The second kappa shape index (κ2) is 5.96. The summed E-state index contributed by atoms with van der Waals surface area (Å²) in [5.41, 5.74) is -1.62. The lowest BCUT2D eigenvalue weighted by Crippen LogP contribution is -2.63. The number of aryl methyl sites for hydroxylation is 1. The van der Waals surface area contributed by atoms with Gasteiger partial charge in [0.1, 0.15) is 0 Å². The summed E-state index contributed by atoms with van der Waals surface area (Å²) in [6.45, 7) is 1.20. The number of carbonyl (C=O) groups excluding carboxylic acids is 1. The number of alkyl halides is 9. The van der Waals surface area contributed by atoms with E-state index in [1.165, 1.54) is 6.92 Å². The van der Waals surface area contributed by atoms with Crippen LogP contribution in [0, 0.1) is 17.0 Å². The van der Waals surface area contributed by atoms with Gasteiger partial charge < -0.3 is 5.32 Å². The van der Waals surface area contributed by atoms with E-state index in [2.05, 4.69) is 4.74 Å². The number of nitrogens with one attached hydrogen (secondary N) is 1. The SMILES string of the molecule is Cc1ccc(NC(=O)C(F)(F)C2(F)OC(F)(F)C(F)(F)C2(F)F)cc1[N+](=O)[O-]. The van der Waals surface area contributed by atoms with E-state index in [1.807, 2.05) is 0 Å². The van der Waals surface area contributed by atoms with Gasteiger partial charge in [-0.05, 0) is 13.0 Å². The second-order valence-electron chi connectivity index (χ2n) is 5.65. The average molecular weight is 426 g/mol. The lowest BCUT2D eigenvalue weighted by molar-refractivity contribution is -0.385. The van der Waals surface area contributed by atoms with Crippen molar-refractivity contribution >= 4 is 17.3 Å². The number of carbonyl (C=O) groups is 1. The zero-order valence-corrected chi connectivity index (χ0v) is 13.2. The van der Waals surface area contributed by atoms with Crippen molar-refractivity contribution in [3.05, 3.63) is 33.9 Å². The van der Waals surface area contributed by atoms with Gasteiger partial charge in [-0.2, -0.15) is 39.5 Å². The number of halogens is 9. The van der Waals surface area contributed by atoms with Crippen LogP contribution in [0.15, 0.2) is 18.2 Å². The Bertz CT molecular complexity index is 845. The molecule has 1 aliphatic rings. The number of rotatable bonds is 4. The molecule has 1 fully saturated rings. The van der Waals surface area contributed by atoms with Gasteiger partial charge in [-0.15, -0.1) is 0 Å². The van der Waals surface area contributed by atoms with Gasteiger partial charge in [0.25, 0.3) is 5.69 Å². The standard InChI is InChI=1S/C13H7F9N2O4/c1-5-2-3-6(4-7(5)24(26)27)23-8(25)9(14,15)12(20)10(16,17)11(18,19)13(21,22)28-12/h2-4H,1H3,(H,23,25). The highest BCUT2D eigenvalue weighted by molar-refractivity contribution is 5.97. The molecule has 1 aliphatic heterocycles. The van der Waals surface area contributed by atoms with E-state index in [9.17, 15) is 54.4 Å². The van der Waals surface area contributed by atoms with Crippen LogP contribution in [0.5, 0.6) is 0 Å². The minimum absolute atomic E-state index is 0.0262. The van der Waals surface area contributed by atoms with Crippen molar-refractivity contribution in [2.45, 2.75) is 36.7 Å². The summed E-state index contributed by atoms with van der Waals surface area (Å²) in [5, 5.41) is 11.8. The number of hydrogen-bond acceptors (Lipinski definition) is 4. The molecule has 0 bridgehead atoms. The minimum Gasteiger partial charge on any atom is -0.320 e. The third kappa shape index (κ3) is 2.67. The van der Waals surface area contributed by atoms with Gasteiger partial charge in [0, 0.05) is 17.3 Å². The van der Waals surface area contributed by atoms with Crippen LogP contribution in [0.3, 0.4) is 0 Å². The summed E-state index contributed by atoms with van der Waals surface area (Å²) in [5.74, 6) is -29.3. The maximum atomic E-state index is 14.0. The van der Waals surface area contributed by atoms with Gasteiger partial charge in [-0.25, -0.2) is 0 Å². The molecule has 15 heteroatoms. The molecule has 1 saturated heterocycles. The number of amides is 1. The van der Waals surface area contributed by atoms with E-state index in [0.717, 1.165) is 17.4 Å². The molecule has 6 nitrogen and oxygen atoms in total. The summed E-state index contributed by atoms with van der Waals surface area (Å²) in [7, 11) is 0. The topological polar surface area (TPSA) is 81.5 Å². The average Bonchev–Trinajstić information content (AvgIpc) is 2.64. The zero-order valence-electron chi connectivity index (χ0n) is 13.2. The van der Waals surface area contributed by atoms with Crippen LogP contribution < -0.4 is 5.32 Å². The molecule has 1 aromatic carbocycles. The quantitative estimate of drug-likeness (QED) is 0.448. The number of hydrogen-bond donors (Lipinski definition) is 1. The summed E-state index contributed by atoms with van der Waals surface area (Å²) in [6.07, 6.45) is -6.36. The highest BCUT2D eigenvalue weighted by Gasteiger charge is 2.96. The van der Waals surface area contributed by atoms with Crippen molar-refractivity contribution in [2.75, 3.05) is 5.32 Å². The van der Waals surface area contributed by atoms with Crippen LogP contribution in [-0.2, 0) is 9.53 Å². The summed E-state index contributed by atoms with van der Waals surface area (Å²) >= 11 is 0. The molecule has 0 aliphatic carbocycles. The molecule has 1 N–H and O–H groups in total. The van der Waals surface area contributed by atoms with E-state index in [4.69, 9.17) is 0 Å². The van der Waals surface area contributed by atoms with Crippen LogP contribution in [0.2, 0.25) is 0 Å². The fourth-order valence-electron chi connectivity index (χ4n) is 2.19. The van der Waals surface area contributed by atoms with Gasteiger partial charge in [0.2, 0.25) is 0 Å². The third-order valence-electron chi connectivity index (χ3n) is 3.79. The Kier molecular flexibility index (Phi) is 4.62. The third-order valence-corrected chi connectivity index (χ3v) is 3.79. The molecule has 156 valence electrons. The van der Waals surface area contributed by atoms with Crippen molar-refractivity contribution in [3.8, 4) is 0 Å². The molecule has 1 aromatic rings. The first kappa shape index (κ1) is 21.7. The molecule has 1 atom stereocenters. The van der Waals surface area contributed by atoms with Crippen molar-refractivity contribution in [1.29, 1.82) is 0 Å². The fraction of sp³-hybridized carbons (Fsp3) is 0.462. The van der Waals surface area contributed by atoms with E-state index in [1.54, 1.807) is 0 Å². The predicted octanol–water partition coefficient (Wildman–Crippen LogP) is 4.04. The Hall–Kier alpha value is -2.58. The van der Waals surface area contributed by atoms with Gasteiger partial charge in [-0.3, -0.25) is 19.6 Å². The Balaban J connectivity index is 2.43. The Labute approximate surface area is 148 Å². The highest BCUT2D eigenvalue weighted by Crippen LogP contribution is 2.64. The maximum Gasteiger partial charge on any atom is 0.428 e. The fourth-order valence-corrected chi connectivity index (χ4v) is 2.19. The van der Waals surface area contributed by atoms with Crippen LogP contribution in [-0.4, -0.2) is 40.6 Å². The Morgan fingerprint density at radius 2 is 1.64 bits per heavy atom. The molecule has 1 heterocycles. The lowest BCUT2D eigenvalue weighted by atomic mass is 9.99. The normalized spacial score (nSPS) is 25.4. The smallest absolute Gasteiger partial charge is 0.320 e. The van der Waals surface area contributed by atoms with Gasteiger partial charge in [0.15, 0.2) is 0 Å². The van der Waals surface area contributed by atoms with Crippen molar-refractivity contribution < 1.29 is 54.0 Å². The number of ether oxygens (including phenoxy) is 1. The molecule has 2 rings (SSSR count). The van der Waals surface area contributed by atoms with Gasteiger partial charge in [-0.1, -0.05) is 6.07 Å². The molecule has 0 spiro atoms. The molecule has 0 aromatic heterocycles. The number of nitrogens with zero attached hydrogens (tertiary/aromatic N) is 1. The minimum atomic E-state index is -6.82. The number of nitro benzene ring substituents is 1. The van der Waals surface area contributed by atoms with Crippen molar-refractivity contribution in [1.82, 2.24) is 0 Å². The number of anilines is 1. The molecule has 1 unspecified atom stereocenters. The van der Waals surface area contributed by atoms with Crippen molar-refractivity contribution in [3.63, 3.8) is 0 Å². The highest BCUT2D eigenvalue weighted by atomic mass is 19.4. The number of nitro groups is 1.